The molecule has 1 saturated carbocycles. The molecule has 0 aromatic carbocycles. The van der Waals surface area contributed by atoms with Crippen LogP contribution in [0.3, 0.4) is 0 Å². The monoisotopic (exact) mass is 269 g/mol. The molecule has 1 fully saturated rings. The number of nitrogens with one attached hydrogen (secondary N) is 1. The normalized spacial score (nSPS) is 24.7. The van der Waals surface area contributed by atoms with E-state index in [0.717, 1.165) is 45.1 Å². The van der Waals surface area contributed by atoms with Gasteiger partial charge in [0, 0.05) is 11.5 Å². The summed E-state index contributed by atoms with van der Waals surface area (Å²) < 4.78 is 0. The van der Waals surface area contributed by atoms with Crippen LogP contribution >= 0.6 is 0 Å². The van der Waals surface area contributed by atoms with Gasteiger partial charge in [0.15, 0.2) is 0 Å². The summed E-state index contributed by atoms with van der Waals surface area (Å²) in [5, 5.41) is 17.5. The molecule has 1 aliphatic carbocycles. The molecule has 2 unspecified atom stereocenters. The zero-order chi connectivity index (χ0) is 14.5. The average Bonchev–Trinajstić information content (AvgIpc) is 2.34. The lowest BCUT2D eigenvalue weighted by atomic mass is 9.86. The smallest absolute Gasteiger partial charge is 0.0963 e. The molecule has 112 valence electrons. The molecule has 0 amide bonds. The third-order valence-corrected chi connectivity index (χ3v) is 4.55. The maximum atomic E-state index is 10.0. The van der Waals surface area contributed by atoms with Crippen molar-refractivity contribution < 1.29 is 5.11 Å². The predicted octanol–water partition coefficient (Wildman–Crippen LogP) is 2.35. The van der Waals surface area contributed by atoms with Crippen LogP contribution in [0.15, 0.2) is 0 Å². The molecule has 0 heterocycles. The number of unbranched alkanes of at least 4 members (excludes halogenated alkanes) is 1. The topological polar surface area (TPSA) is 73.3 Å². The van der Waals surface area contributed by atoms with E-state index < -0.39 is 0 Å². The van der Waals surface area contributed by atoms with Crippen molar-refractivity contribution in [3.63, 3.8) is 0 Å². The molecule has 1 rings (SSSR count). The summed E-state index contributed by atoms with van der Waals surface area (Å²) in [6.45, 7) is 5.09. The first-order valence-corrected chi connectivity index (χ1v) is 7.57. The molecule has 0 saturated heterocycles. The van der Waals surface area contributed by atoms with Gasteiger partial charge in [-0.05, 0) is 39.3 Å². The summed E-state index contributed by atoms with van der Waals surface area (Å²) >= 11 is 0. The minimum absolute atomic E-state index is 0.146. The first-order chi connectivity index (χ1) is 8.84. The second-order valence-electron chi connectivity index (χ2n) is 6.65. The summed E-state index contributed by atoms with van der Waals surface area (Å²) in [5.41, 5.74) is 5.41. The van der Waals surface area contributed by atoms with Crippen molar-refractivity contribution in [3.05, 3.63) is 0 Å². The molecular formula is C15H31N3O. The van der Waals surface area contributed by atoms with Gasteiger partial charge in [-0.2, -0.15) is 0 Å². The quantitative estimate of drug-likeness (QED) is 0.377. The van der Waals surface area contributed by atoms with Crippen LogP contribution < -0.4 is 5.73 Å². The fourth-order valence-electron chi connectivity index (χ4n) is 2.83. The maximum Gasteiger partial charge on any atom is 0.0963 e. The third-order valence-electron chi connectivity index (χ3n) is 4.55. The Hall–Kier alpha value is -0.610. The zero-order valence-corrected chi connectivity index (χ0v) is 12.8. The van der Waals surface area contributed by atoms with Gasteiger partial charge in [-0.25, -0.2) is 0 Å². The number of nitrogens with two attached hydrogens (primary N) is 1. The van der Waals surface area contributed by atoms with Crippen molar-refractivity contribution in [2.45, 2.75) is 70.9 Å². The second-order valence-corrected chi connectivity index (χ2v) is 6.65. The van der Waals surface area contributed by atoms with Crippen molar-refractivity contribution >= 4 is 5.84 Å². The van der Waals surface area contributed by atoms with Crippen LogP contribution in [0.25, 0.3) is 0 Å². The van der Waals surface area contributed by atoms with E-state index in [0.29, 0.717) is 6.04 Å². The largest absolute Gasteiger partial charge is 0.391 e. The molecule has 19 heavy (non-hydrogen) atoms. The molecule has 0 aromatic heterocycles. The first-order valence-electron chi connectivity index (χ1n) is 7.57. The Morgan fingerprint density at radius 3 is 2.53 bits per heavy atom. The lowest BCUT2D eigenvalue weighted by molar-refractivity contribution is 0.0314. The molecule has 4 nitrogen and oxygen atoms in total. The molecule has 0 aliphatic heterocycles. The van der Waals surface area contributed by atoms with Crippen molar-refractivity contribution in [1.29, 1.82) is 5.41 Å². The Labute approximate surface area is 117 Å². The Morgan fingerprint density at radius 2 is 1.95 bits per heavy atom. The van der Waals surface area contributed by atoms with Crippen molar-refractivity contribution in [2.24, 2.45) is 11.1 Å². The summed E-state index contributed by atoms with van der Waals surface area (Å²) in [5.74, 6) is 0.281. The van der Waals surface area contributed by atoms with Crippen LogP contribution in [0.2, 0.25) is 0 Å². The molecule has 0 radical (unpaired) electrons. The highest BCUT2D eigenvalue weighted by molar-refractivity contribution is 5.82. The third kappa shape index (κ3) is 5.11. The minimum atomic E-state index is -0.178. The maximum absolute atomic E-state index is 10.0. The van der Waals surface area contributed by atoms with Gasteiger partial charge < -0.3 is 15.7 Å². The lowest BCUT2D eigenvalue weighted by Crippen LogP contribution is -2.43. The molecular weight excluding hydrogens is 238 g/mol. The molecule has 1 aliphatic rings. The van der Waals surface area contributed by atoms with Crippen LogP contribution in [0.4, 0.5) is 0 Å². The minimum Gasteiger partial charge on any atom is -0.391 e. The number of nitrogens with zero attached hydrogens (tertiary/aromatic N) is 1. The van der Waals surface area contributed by atoms with E-state index in [-0.39, 0.29) is 17.4 Å². The highest BCUT2D eigenvalue weighted by Crippen LogP contribution is 2.25. The van der Waals surface area contributed by atoms with Crippen LogP contribution in [0, 0.1) is 10.8 Å². The number of likely N-dealkylation sites (N-methyl/N-ethyl adjacent to an activating group) is 1. The Bertz CT molecular complexity index is 291. The Morgan fingerprint density at radius 1 is 1.32 bits per heavy atom. The molecule has 4 N–H and O–H groups in total. The average molecular weight is 269 g/mol. The highest BCUT2D eigenvalue weighted by atomic mass is 16.3. The fraction of sp³-hybridized carbons (Fsp3) is 0.933. The van der Waals surface area contributed by atoms with Gasteiger partial charge in [0.05, 0.1) is 11.9 Å². The number of rotatable bonds is 7. The van der Waals surface area contributed by atoms with Crippen molar-refractivity contribution in [2.75, 3.05) is 13.6 Å². The number of hydrogen-bond donors (Lipinski definition) is 3. The molecule has 0 spiro atoms. The Balaban J connectivity index is 2.23. The summed E-state index contributed by atoms with van der Waals surface area (Å²) in [6, 6.07) is 0.342. The van der Waals surface area contributed by atoms with Crippen molar-refractivity contribution in [1.82, 2.24) is 4.90 Å². The first kappa shape index (κ1) is 16.4. The van der Waals surface area contributed by atoms with E-state index in [1.54, 1.807) is 0 Å². The van der Waals surface area contributed by atoms with Gasteiger partial charge in [0.2, 0.25) is 0 Å². The van der Waals surface area contributed by atoms with Gasteiger partial charge in [0.1, 0.15) is 0 Å². The molecule has 4 heteroatoms. The van der Waals surface area contributed by atoms with Crippen molar-refractivity contribution in [3.8, 4) is 0 Å². The van der Waals surface area contributed by atoms with E-state index >= 15 is 0 Å². The standard InChI is InChI=1S/C15H31N3O/c1-15(2,14(16)17)10-6-7-11-18(3)12-8-4-5-9-13(12)19/h12-13,19H,4-11H2,1-3H3,(H3,16,17). The number of amidine groups is 1. The molecule has 0 bridgehead atoms. The van der Waals surface area contributed by atoms with Gasteiger partial charge in [-0.1, -0.05) is 33.1 Å². The van der Waals surface area contributed by atoms with E-state index in [1.807, 2.05) is 13.8 Å². The molecule has 0 aromatic rings. The van der Waals surface area contributed by atoms with Crippen LogP contribution in [0.1, 0.15) is 58.8 Å². The summed E-state index contributed by atoms with van der Waals surface area (Å²) in [7, 11) is 2.12. The van der Waals surface area contributed by atoms with Crippen LogP contribution in [-0.4, -0.2) is 41.6 Å². The second kappa shape index (κ2) is 7.25. The molecule has 2 atom stereocenters. The van der Waals surface area contributed by atoms with Gasteiger partial charge in [0.25, 0.3) is 0 Å². The zero-order valence-electron chi connectivity index (χ0n) is 12.8. The van der Waals surface area contributed by atoms with E-state index in [1.165, 1.54) is 6.42 Å². The Kier molecular flexibility index (Phi) is 6.27. The number of aliphatic hydroxyl groups is 1. The van der Waals surface area contributed by atoms with Crippen LogP contribution in [-0.2, 0) is 0 Å². The number of aliphatic hydroxyl groups excluding tert-OH is 1. The highest BCUT2D eigenvalue weighted by Gasteiger charge is 2.26. The summed E-state index contributed by atoms with van der Waals surface area (Å²) in [4.78, 5) is 2.31. The predicted molar refractivity (Wildman–Crippen MR) is 80.4 cm³/mol. The number of hydrogen-bond acceptors (Lipinski definition) is 3. The fourth-order valence-corrected chi connectivity index (χ4v) is 2.83. The van der Waals surface area contributed by atoms with Crippen LogP contribution in [0.5, 0.6) is 0 Å². The van der Waals surface area contributed by atoms with E-state index in [9.17, 15) is 5.11 Å². The SMILES string of the molecule is CN(CCCCC(C)(C)C(=N)N)C1CCCCC1O. The van der Waals surface area contributed by atoms with Gasteiger partial charge in [-0.3, -0.25) is 5.41 Å². The van der Waals surface area contributed by atoms with Gasteiger partial charge >= 0.3 is 0 Å². The summed E-state index contributed by atoms with van der Waals surface area (Å²) in [6.07, 6.45) is 7.48. The lowest BCUT2D eigenvalue weighted by Gasteiger charge is -2.35. The van der Waals surface area contributed by atoms with E-state index in [4.69, 9.17) is 11.1 Å². The van der Waals surface area contributed by atoms with Gasteiger partial charge in [-0.15, -0.1) is 0 Å². The van der Waals surface area contributed by atoms with E-state index in [2.05, 4.69) is 11.9 Å².